The number of para-hydroxylation sites is 1. The third-order valence-corrected chi connectivity index (χ3v) is 4.00. The normalized spacial score (nSPS) is 14.9. The molecule has 1 amide bonds. The number of halogens is 1. The van der Waals surface area contributed by atoms with Crippen LogP contribution in [0.2, 0.25) is 5.02 Å². The van der Waals surface area contributed by atoms with Gasteiger partial charge < -0.3 is 4.90 Å². The number of carbonyl (C=O) groups is 1. The molecule has 1 aliphatic heterocycles. The maximum atomic E-state index is 12.6. The van der Waals surface area contributed by atoms with Gasteiger partial charge in [0.1, 0.15) is 0 Å². The molecule has 0 atom stereocenters. The fraction of sp³-hybridized carbons (Fsp3) is 0.235. The lowest BCUT2D eigenvalue weighted by atomic mass is 10.2. The van der Waals surface area contributed by atoms with Crippen LogP contribution >= 0.6 is 11.6 Å². The molecule has 0 fully saturated rings. The maximum absolute atomic E-state index is 12.6. The van der Waals surface area contributed by atoms with Gasteiger partial charge in [0.2, 0.25) is 5.91 Å². The summed E-state index contributed by atoms with van der Waals surface area (Å²) < 4.78 is 0. The molecule has 3 rings (SSSR count). The SMILES string of the molecule is CCN1CCC(=O)N(c2ccccc2)c2cc(Cl)ccc21. The standard InChI is InChI=1S/C17H17ClN2O/c1-2-19-11-10-17(21)20(14-6-4-3-5-7-14)16-12-13(18)8-9-15(16)19/h3-9,12H,2,10-11H2,1H3. The van der Waals surface area contributed by atoms with Gasteiger partial charge in [-0.2, -0.15) is 0 Å². The van der Waals surface area contributed by atoms with Crippen LogP contribution in [0.25, 0.3) is 0 Å². The Morgan fingerprint density at radius 3 is 2.57 bits per heavy atom. The number of amides is 1. The molecule has 0 unspecified atom stereocenters. The topological polar surface area (TPSA) is 23.6 Å². The molecule has 0 spiro atoms. The van der Waals surface area contributed by atoms with Crippen molar-refractivity contribution in [3.05, 3.63) is 53.6 Å². The van der Waals surface area contributed by atoms with E-state index in [-0.39, 0.29) is 5.91 Å². The number of anilines is 3. The second-order valence-corrected chi connectivity index (χ2v) is 5.46. The van der Waals surface area contributed by atoms with Gasteiger partial charge in [-0.25, -0.2) is 0 Å². The summed E-state index contributed by atoms with van der Waals surface area (Å²) in [4.78, 5) is 16.6. The van der Waals surface area contributed by atoms with E-state index in [2.05, 4.69) is 11.8 Å². The highest BCUT2D eigenvalue weighted by atomic mass is 35.5. The summed E-state index contributed by atoms with van der Waals surface area (Å²) in [5.41, 5.74) is 2.79. The lowest BCUT2D eigenvalue weighted by Gasteiger charge is -2.26. The van der Waals surface area contributed by atoms with Crippen molar-refractivity contribution in [3.8, 4) is 0 Å². The van der Waals surface area contributed by atoms with Crippen LogP contribution in [0.1, 0.15) is 13.3 Å². The largest absolute Gasteiger partial charge is 0.370 e. The maximum Gasteiger partial charge on any atom is 0.233 e. The molecule has 2 aromatic rings. The number of carbonyl (C=O) groups excluding carboxylic acids is 1. The Kier molecular flexibility index (Phi) is 3.84. The molecule has 3 nitrogen and oxygen atoms in total. The van der Waals surface area contributed by atoms with Crippen LogP contribution in [-0.4, -0.2) is 19.0 Å². The lowest BCUT2D eigenvalue weighted by Crippen LogP contribution is -2.26. The molecule has 108 valence electrons. The van der Waals surface area contributed by atoms with Crippen LogP contribution in [-0.2, 0) is 4.79 Å². The van der Waals surface area contributed by atoms with E-state index in [1.807, 2.05) is 48.5 Å². The van der Waals surface area contributed by atoms with Crippen molar-refractivity contribution in [2.24, 2.45) is 0 Å². The highest BCUT2D eigenvalue weighted by Crippen LogP contribution is 2.38. The van der Waals surface area contributed by atoms with E-state index in [0.29, 0.717) is 11.4 Å². The smallest absolute Gasteiger partial charge is 0.233 e. The number of rotatable bonds is 2. The summed E-state index contributed by atoms with van der Waals surface area (Å²) in [6.45, 7) is 3.69. The van der Waals surface area contributed by atoms with Crippen molar-refractivity contribution in [2.75, 3.05) is 22.9 Å². The Bertz CT molecular complexity index is 657. The van der Waals surface area contributed by atoms with Gasteiger partial charge in [-0.3, -0.25) is 9.69 Å². The molecular weight excluding hydrogens is 284 g/mol. The van der Waals surface area contributed by atoms with Gasteiger partial charge in [0.25, 0.3) is 0 Å². The Morgan fingerprint density at radius 1 is 1.10 bits per heavy atom. The second-order valence-electron chi connectivity index (χ2n) is 5.03. The summed E-state index contributed by atoms with van der Waals surface area (Å²) in [6, 6.07) is 15.5. The predicted octanol–water partition coefficient (Wildman–Crippen LogP) is 4.23. The number of nitrogens with zero attached hydrogens (tertiary/aromatic N) is 2. The van der Waals surface area contributed by atoms with E-state index >= 15 is 0 Å². The van der Waals surface area contributed by atoms with E-state index in [4.69, 9.17) is 11.6 Å². The summed E-state index contributed by atoms with van der Waals surface area (Å²) in [5, 5.41) is 0.639. The zero-order valence-corrected chi connectivity index (χ0v) is 12.7. The molecule has 0 saturated carbocycles. The van der Waals surface area contributed by atoms with Gasteiger partial charge in [-0.15, -0.1) is 0 Å². The molecule has 2 aromatic carbocycles. The van der Waals surface area contributed by atoms with Crippen LogP contribution in [0.5, 0.6) is 0 Å². The van der Waals surface area contributed by atoms with Gasteiger partial charge in [0.05, 0.1) is 11.4 Å². The summed E-state index contributed by atoms with van der Waals surface area (Å²) in [7, 11) is 0. The molecule has 21 heavy (non-hydrogen) atoms. The van der Waals surface area contributed by atoms with E-state index in [1.54, 1.807) is 4.90 Å². The van der Waals surface area contributed by atoms with Crippen molar-refractivity contribution in [1.82, 2.24) is 0 Å². The molecule has 4 heteroatoms. The first-order chi connectivity index (χ1) is 10.2. The Morgan fingerprint density at radius 2 is 1.86 bits per heavy atom. The molecule has 0 bridgehead atoms. The first kappa shape index (κ1) is 14.0. The minimum atomic E-state index is 0.0978. The van der Waals surface area contributed by atoms with Crippen LogP contribution in [0, 0.1) is 0 Å². The van der Waals surface area contributed by atoms with Gasteiger partial charge in [0.15, 0.2) is 0 Å². The van der Waals surface area contributed by atoms with Gasteiger partial charge in [0, 0.05) is 30.2 Å². The first-order valence-electron chi connectivity index (χ1n) is 7.13. The summed E-state index contributed by atoms with van der Waals surface area (Å²) in [6.07, 6.45) is 0.495. The second kappa shape index (κ2) is 5.78. The Labute approximate surface area is 129 Å². The quantitative estimate of drug-likeness (QED) is 0.828. The van der Waals surface area contributed by atoms with Crippen molar-refractivity contribution in [3.63, 3.8) is 0 Å². The van der Waals surface area contributed by atoms with Gasteiger partial charge in [-0.1, -0.05) is 29.8 Å². The molecule has 1 heterocycles. The third-order valence-electron chi connectivity index (χ3n) is 3.76. The minimum absolute atomic E-state index is 0.0978. The fourth-order valence-corrected chi connectivity index (χ4v) is 2.90. The highest BCUT2D eigenvalue weighted by Gasteiger charge is 2.26. The summed E-state index contributed by atoms with van der Waals surface area (Å²) in [5.74, 6) is 0.0978. The Hall–Kier alpha value is -2.00. The molecule has 1 aliphatic rings. The summed E-state index contributed by atoms with van der Waals surface area (Å²) >= 11 is 6.16. The molecule has 0 aromatic heterocycles. The average Bonchev–Trinajstić information content (AvgIpc) is 2.63. The van der Waals surface area contributed by atoms with E-state index in [0.717, 1.165) is 30.2 Å². The number of benzene rings is 2. The third kappa shape index (κ3) is 2.61. The number of fused-ring (bicyclic) bond motifs is 1. The monoisotopic (exact) mass is 300 g/mol. The molecule has 0 radical (unpaired) electrons. The van der Waals surface area contributed by atoms with Crippen LogP contribution < -0.4 is 9.80 Å². The lowest BCUT2D eigenvalue weighted by molar-refractivity contribution is -0.117. The zero-order chi connectivity index (χ0) is 14.8. The van der Waals surface area contributed by atoms with Crippen molar-refractivity contribution in [1.29, 1.82) is 0 Å². The van der Waals surface area contributed by atoms with Crippen molar-refractivity contribution < 1.29 is 4.79 Å². The van der Waals surface area contributed by atoms with Gasteiger partial charge >= 0.3 is 0 Å². The Balaban J connectivity index is 2.18. The molecule has 0 aliphatic carbocycles. The van der Waals surface area contributed by atoms with Crippen LogP contribution in [0.4, 0.5) is 17.1 Å². The fourth-order valence-electron chi connectivity index (χ4n) is 2.73. The molecule has 0 saturated heterocycles. The minimum Gasteiger partial charge on any atom is -0.370 e. The molecule has 0 N–H and O–H groups in total. The first-order valence-corrected chi connectivity index (χ1v) is 7.51. The number of hydrogen-bond donors (Lipinski definition) is 0. The predicted molar refractivity (Wildman–Crippen MR) is 87.5 cm³/mol. The highest BCUT2D eigenvalue weighted by molar-refractivity contribution is 6.31. The van der Waals surface area contributed by atoms with Crippen molar-refractivity contribution >= 4 is 34.6 Å². The molecular formula is C17H17ClN2O. The van der Waals surface area contributed by atoms with E-state index in [1.165, 1.54) is 0 Å². The van der Waals surface area contributed by atoms with E-state index < -0.39 is 0 Å². The van der Waals surface area contributed by atoms with Crippen LogP contribution in [0.3, 0.4) is 0 Å². The average molecular weight is 301 g/mol. The van der Waals surface area contributed by atoms with Crippen LogP contribution in [0.15, 0.2) is 48.5 Å². The van der Waals surface area contributed by atoms with E-state index in [9.17, 15) is 4.79 Å². The van der Waals surface area contributed by atoms with Crippen molar-refractivity contribution in [2.45, 2.75) is 13.3 Å². The van der Waals surface area contributed by atoms with Gasteiger partial charge in [-0.05, 0) is 37.3 Å². The zero-order valence-electron chi connectivity index (χ0n) is 11.9. The number of hydrogen-bond acceptors (Lipinski definition) is 2.